The highest BCUT2D eigenvalue weighted by Crippen LogP contribution is 2.19. The summed E-state index contributed by atoms with van der Waals surface area (Å²) in [5.74, 6) is -1.12. The predicted octanol–water partition coefficient (Wildman–Crippen LogP) is 0.859. The van der Waals surface area contributed by atoms with E-state index in [1.165, 1.54) is 12.3 Å². The average Bonchev–Trinajstić information content (AvgIpc) is 3.13. The molecule has 1 atom stereocenters. The number of aromatic carboxylic acids is 1. The van der Waals surface area contributed by atoms with Crippen molar-refractivity contribution in [2.24, 2.45) is 0 Å². The highest BCUT2D eigenvalue weighted by molar-refractivity contribution is 5.86. The monoisotopic (exact) mass is 249 g/mol. The molecule has 0 spiro atoms. The topological polar surface area (TPSA) is 91.3 Å². The minimum Gasteiger partial charge on any atom is -0.477 e. The Hall–Kier alpha value is -2.11. The third-order valence-electron chi connectivity index (χ3n) is 2.68. The van der Waals surface area contributed by atoms with Gasteiger partial charge < -0.3 is 15.7 Å². The molecule has 0 aliphatic heterocycles. The van der Waals surface area contributed by atoms with Gasteiger partial charge in [-0.3, -0.25) is 4.79 Å². The zero-order valence-electron chi connectivity index (χ0n) is 10.0. The van der Waals surface area contributed by atoms with E-state index in [-0.39, 0.29) is 17.6 Å². The number of amides is 1. The van der Waals surface area contributed by atoms with Crippen molar-refractivity contribution in [3.63, 3.8) is 0 Å². The second-order valence-electron chi connectivity index (χ2n) is 4.39. The van der Waals surface area contributed by atoms with Gasteiger partial charge in [0, 0.05) is 6.04 Å². The molecule has 1 unspecified atom stereocenters. The number of carbonyl (C=O) groups is 2. The van der Waals surface area contributed by atoms with Crippen molar-refractivity contribution in [2.45, 2.75) is 31.8 Å². The van der Waals surface area contributed by atoms with E-state index in [1.54, 1.807) is 13.0 Å². The van der Waals surface area contributed by atoms with E-state index in [1.807, 2.05) is 0 Å². The molecule has 1 aliphatic rings. The second kappa shape index (κ2) is 5.03. The first kappa shape index (κ1) is 12.3. The van der Waals surface area contributed by atoms with Crippen LogP contribution in [0.2, 0.25) is 0 Å². The normalized spacial score (nSPS) is 15.8. The second-order valence-corrected chi connectivity index (χ2v) is 4.39. The van der Waals surface area contributed by atoms with Gasteiger partial charge in [0.25, 0.3) is 0 Å². The van der Waals surface area contributed by atoms with E-state index in [0.717, 1.165) is 12.8 Å². The minimum atomic E-state index is -1.07. The Kier molecular flexibility index (Phi) is 3.45. The Morgan fingerprint density at radius 3 is 2.67 bits per heavy atom. The van der Waals surface area contributed by atoms with E-state index in [2.05, 4.69) is 15.6 Å². The molecule has 0 radical (unpaired) electrons. The molecule has 3 N–H and O–H groups in total. The summed E-state index contributed by atoms with van der Waals surface area (Å²) in [6.45, 7) is 1.75. The molecule has 0 bridgehead atoms. The third-order valence-corrected chi connectivity index (χ3v) is 2.68. The van der Waals surface area contributed by atoms with Crippen LogP contribution in [0.15, 0.2) is 18.3 Å². The fourth-order valence-corrected chi connectivity index (χ4v) is 1.48. The van der Waals surface area contributed by atoms with Crippen molar-refractivity contribution in [2.75, 3.05) is 5.32 Å². The number of pyridine rings is 1. The van der Waals surface area contributed by atoms with E-state index >= 15 is 0 Å². The first-order chi connectivity index (χ1) is 8.56. The average molecular weight is 249 g/mol. The standard InChI is InChI=1S/C12H15N3O3/c1-7(11(16)15-8-2-3-8)14-9-4-5-10(12(17)18)13-6-9/h4-8,14H,2-3H2,1H3,(H,15,16)(H,17,18). The summed E-state index contributed by atoms with van der Waals surface area (Å²) in [4.78, 5) is 26.1. The fraction of sp³-hybridized carbons (Fsp3) is 0.417. The molecule has 6 heteroatoms. The lowest BCUT2D eigenvalue weighted by molar-refractivity contribution is -0.121. The first-order valence-corrected chi connectivity index (χ1v) is 5.82. The largest absolute Gasteiger partial charge is 0.477 e. The van der Waals surface area contributed by atoms with Gasteiger partial charge >= 0.3 is 5.97 Å². The Labute approximate surface area is 104 Å². The van der Waals surface area contributed by atoms with Crippen LogP contribution in [0.25, 0.3) is 0 Å². The van der Waals surface area contributed by atoms with Crippen molar-refractivity contribution in [3.8, 4) is 0 Å². The molecule has 1 aliphatic carbocycles. The van der Waals surface area contributed by atoms with Crippen LogP contribution >= 0.6 is 0 Å². The van der Waals surface area contributed by atoms with Gasteiger partial charge in [-0.25, -0.2) is 9.78 Å². The summed E-state index contributed by atoms with van der Waals surface area (Å²) in [5, 5.41) is 14.6. The molecular weight excluding hydrogens is 234 g/mol. The number of nitrogens with zero attached hydrogens (tertiary/aromatic N) is 1. The number of carboxylic acids is 1. The highest BCUT2D eigenvalue weighted by atomic mass is 16.4. The Morgan fingerprint density at radius 1 is 1.44 bits per heavy atom. The van der Waals surface area contributed by atoms with Crippen molar-refractivity contribution in [1.29, 1.82) is 0 Å². The van der Waals surface area contributed by atoms with Crippen LogP contribution in [0.4, 0.5) is 5.69 Å². The Morgan fingerprint density at radius 2 is 2.17 bits per heavy atom. The van der Waals surface area contributed by atoms with Gasteiger partial charge in [-0.1, -0.05) is 0 Å². The van der Waals surface area contributed by atoms with Crippen molar-refractivity contribution in [1.82, 2.24) is 10.3 Å². The summed E-state index contributed by atoms with van der Waals surface area (Å²) in [7, 11) is 0. The smallest absolute Gasteiger partial charge is 0.354 e. The zero-order valence-corrected chi connectivity index (χ0v) is 10.0. The quantitative estimate of drug-likeness (QED) is 0.720. The maximum absolute atomic E-state index is 11.7. The van der Waals surface area contributed by atoms with Crippen molar-refractivity contribution < 1.29 is 14.7 Å². The molecule has 1 heterocycles. The Bertz CT molecular complexity index is 454. The SMILES string of the molecule is CC(Nc1ccc(C(=O)O)nc1)C(=O)NC1CC1. The van der Waals surface area contributed by atoms with Gasteiger partial charge in [0.2, 0.25) is 5.91 Å². The van der Waals surface area contributed by atoms with Crippen molar-refractivity contribution in [3.05, 3.63) is 24.0 Å². The molecule has 1 aromatic rings. The van der Waals surface area contributed by atoms with Gasteiger partial charge in [0.05, 0.1) is 11.9 Å². The Balaban J connectivity index is 1.91. The summed E-state index contributed by atoms with van der Waals surface area (Å²) < 4.78 is 0. The van der Waals surface area contributed by atoms with Crippen LogP contribution < -0.4 is 10.6 Å². The summed E-state index contributed by atoms with van der Waals surface area (Å²) in [6, 6.07) is 2.95. The summed E-state index contributed by atoms with van der Waals surface area (Å²) in [6.07, 6.45) is 3.50. The molecule has 0 saturated heterocycles. The molecule has 1 fully saturated rings. The number of hydrogen-bond acceptors (Lipinski definition) is 4. The molecule has 1 saturated carbocycles. The first-order valence-electron chi connectivity index (χ1n) is 5.82. The van der Waals surface area contributed by atoms with Gasteiger partial charge in [-0.2, -0.15) is 0 Å². The minimum absolute atomic E-state index is 0.0179. The number of anilines is 1. The third kappa shape index (κ3) is 3.19. The van der Waals surface area contributed by atoms with Crippen LogP contribution in [-0.4, -0.2) is 34.1 Å². The number of nitrogens with one attached hydrogen (secondary N) is 2. The molecule has 18 heavy (non-hydrogen) atoms. The molecule has 6 nitrogen and oxygen atoms in total. The summed E-state index contributed by atoms with van der Waals surface area (Å²) in [5.41, 5.74) is 0.606. The number of rotatable bonds is 5. The predicted molar refractivity (Wildman–Crippen MR) is 65.4 cm³/mol. The maximum atomic E-state index is 11.7. The molecule has 0 aromatic carbocycles. The number of carbonyl (C=O) groups excluding carboxylic acids is 1. The van der Waals surface area contributed by atoms with Crippen LogP contribution in [0.5, 0.6) is 0 Å². The van der Waals surface area contributed by atoms with Gasteiger partial charge in [-0.05, 0) is 31.9 Å². The van der Waals surface area contributed by atoms with Gasteiger partial charge in [-0.15, -0.1) is 0 Å². The van der Waals surface area contributed by atoms with Crippen molar-refractivity contribution >= 4 is 17.6 Å². The van der Waals surface area contributed by atoms with Gasteiger partial charge in [0.1, 0.15) is 11.7 Å². The van der Waals surface area contributed by atoms with Crippen LogP contribution in [0.1, 0.15) is 30.3 Å². The lowest BCUT2D eigenvalue weighted by Crippen LogP contribution is -2.38. The van der Waals surface area contributed by atoms with E-state index < -0.39 is 5.97 Å². The molecule has 2 rings (SSSR count). The van der Waals surface area contributed by atoms with Crippen LogP contribution in [0, 0.1) is 0 Å². The van der Waals surface area contributed by atoms with E-state index in [9.17, 15) is 9.59 Å². The van der Waals surface area contributed by atoms with Crippen LogP contribution in [0.3, 0.4) is 0 Å². The summed E-state index contributed by atoms with van der Waals surface area (Å²) >= 11 is 0. The zero-order chi connectivity index (χ0) is 13.1. The molecule has 1 amide bonds. The lowest BCUT2D eigenvalue weighted by atomic mass is 10.2. The fourth-order valence-electron chi connectivity index (χ4n) is 1.48. The highest BCUT2D eigenvalue weighted by Gasteiger charge is 2.25. The number of aromatic nitrogens is 1. The molecule has 1 aromatic heterocycles. The maximum Gasteiger partial charge on any atom is 0.354 e. The lowest BCUT2D eigenvalue weighted by Gasteiger charge is -2.14. The molecule has 96 valence electrons. The van der Waals surface area contributed by atoms with Gasteiger partial charge in [0.15, 0.2) is 0 Å². The number of carboxylic acid groups (broad SMARTS) is 1. The van der Waals surface area contributed by atoms with E-state index in [0.29, 0.717) is 11.7 Å². The van der Waals surface area contributed by atoms with Crippen LogP contribution in [-0.2, 0) is 4.79 Å². The van der Waals surface area contributed by atoms with E-state index in [4.69, 9.17) is 5.11 Å². The number of hydrogen-bond donors (Lipinski definition) is 3. The molecular formula is C12H15N3O3.